The van der Waals surface area contributed by atoms with Crippen molar-refractivity contribution in [2.75, 3.05) is 19.6 Å². The number of rotatable bonds is 5. The lowest BCUT2D eigenvalue weighted by atomic mass is 9.90. The molecule has 1 aliphatic rings. The Labute approximate surface area is 155 Å². The van der Waals surface area contributed by atoms with Crippen LogP contribution in [0, 0.1) is 12.8 Å². The summed E-state index contributed by atoms with van der Waals surface area (Å²) in [5, 5.41) is 11.9. The molecule has 0 aliphatic carbocycles. The number of aryl methyl sites for hydroxylation is 1. The molecule has 3 nitrogen and oxygen atoms in total. The fourth-order valence-electron chi connectivity index (χ4n) is 4.20. The molecule has 0 amide bonds. The SMILES string of the molecule is Cc1ccc2[nH]cc([C@@H](O)CN3CCC(Cc4ccccc4)CC3)c2c1. The number of benzene rings is 2. The summed E-state index contributed by atoms with van der Waals surface area (Å²) in [4.78, 5) is 5.71. The van der Waals surface area contributed by atoms with E-state index in [0.717, 1.165) is 42.0 Å². The van der Waals surface area contributed by atoms with Gasteiger partial charge in [0.2, 0.25) is 0 Å². The number of aliphatic hydroxyl groups excluding tert-OH is 1. The van der Waals surface area contributed by atoms with Gasteiger partial charge in [0, 0.05) is 29.2 Å². The first-order valence-corrected chi connectivity index (χ1v) is 9.71. The van der Waals surface area contributed by atoms with Crippen LogP contribution < -0.4 is 0 Å². The first-order chi connectivity index (χ1) is 12.7. The number of aromatic nitrogens is 1. The Kier molecular flexibility index (Phi) is 5.09. The van der Waals surface area contributed by atoms with Gasteiger partial charge < -0.3 is 15.0 Å². The molecule has 26 heavy (non-hydrogen) atoms. The zero-order chi connectivity index (χ0) is 17.9. The summed E-state index contributed by atoms with van der Waals surface area (Å²) in [5.74, 6) is 0.765. The molecule has 0 saturated carbocycles. The molecule has 0 spiro atoms. The summed E-state index contributed by atoms with van der Waals surface area (Å²) in [6.07, 6.45) is 5.15. The van der Waals surface area contributed by atoms with Crippen molar-refractivity contribution in [2.45, 2.75) is 32.3 Å². The number of β-amino-alcohol motifs (C(OH)–C–C–N with tert-alkyl or cyclic N) is 1. The Morgan fingerprint density at radius 2 is 1.88 bits per heavy atom. The third-order valence-corrected chi connectivity index (χ3v) is 5.73. The molecular weight excluding hydrogens is 320 g/mol. The zero-order valence-corrected chi connectivity index (χ0v) is 15.5. The number of likely N-dealkylation sites (tertiary alicyclic amines) is 1. The third kappa shape index (κ3) is 3.84. The van der Waals surface area contributed by atoms with Crippen molar-refractivity contribution in [1.82, 2.24) is 9.88 Å². The number of nitrogens with one attached hydrogen (secondary N) is 1. The molecular formula is C23H28N2O. The number of H-pyrrole nitrogens is 1. The van der Waals surface area contributed by atoms with Crippen molar-refractivity contribution in [3.8, 4) is 0 Å². The number of fused-ring (bicyclic) bond motifs is 1. The lowest BCUT2D eigenvalue weighted by molar-refractivity contribution is 0.0901. The molecule has 1 saturated heterocycles. The predicted octanol–water partition coefficient (Wildman–Crippen LogP) is 4.46. The van der Waals surface area contributed by atoms with Crippen LogP contribution in [0.3, 0.4) is 0 Å². The monoisotopic (exact) mass is 348 g/mol. The van der Waals surface area contributed by atoms with Gasteiger partial charge in [-0.15, -0.1) is 0 Å². The second kappa shape index (κ2) is 7.65. The minimum Gasteiger partial charge on any atom is -0.387 e. The Bertz CT molecular complexity index is 847. The van der Waals surface area contributed by atoms with Gasteiger partial charge in [-0.05, 0) is 62.9 Å². The highest BCUT2D eigenvalue weighted by Gasteiger charge is 2.23. The highest BCUT2D eigenvalue weighted by molar-refractivity contribution is 5.84. The van der Waals surface area contributed by atoms with Gasteiger partial charge in [0.1, 0.15) is 0 Å². The molecule has 1 fully saturated rings. The molecule has 3 heteroatoms. The fraction of sp³-hybridized carbons (Fsp3) is 0.391. The van der Waals surface area contributed by atoms with Gasteiger partial charge in [-0.2, -0.15) is 0 Å². The van der Waals surface area contributed by atoms with E-state index in [2.05, 4.69) is 65.3 Å². The van der Waals surface area contributed by atoms with Crippen LogP contribution in [0.15, 0.2) is 54.7 Å². The van der Waals surface area contributed by atoms with Gasteiger partial charge in [-0.3, -0.25) is 0 Å². The minimum absolute atomic E-state index is 0.434. The van der Waals surface area contributed by atoms with E-state index in [1.54, 1.807) is 0 Å². The van der Waals surface area contributed by atoms with Crippen LogP contribution in [0.1, 0.15) is 35.6 Å². The highest BCUT2D eigenvalue weighted by atomic mass is 16.3. The molecule has 2 aromatic carbocycles. The van der Waals surface area contributed by atoms with Crippen LogP contribution in [0.5, 0.6) is 0 Å². The topological polar surface area (TPSA) is 39.3 Å². The second-order valence-corrected chi connectivity index (χ2v) is 7.74. The lowest BCUT2D eigenvalue weighted by Gasteiger charge is -2.33. The van der Waals surface area contributed by atoms with E-state index >= 15 is 0 Å². The number of aliphatic hydroxyl groups is 1. The first kappa shape index (κ1) is 17.3. The van der Waals surface area contributed by atoms with Crippen LogP contribution in [0.25, 0.3) is 10.9 Å². The number of aromatic amines is 1. The van der Waals surface area contributed by atoms with E-state index in [4.69, 9.17) is 0 Å². The van der Waals surface area contributed by atoms with Crippen molar-refractivity contribution in [3.05, 3.63) is 71.4 Å². The van der Waals surface area contributed by atoms with Crippen LogP contribution in [-0.2, 0) is 6.42 Å². The first-order valence-electron chi connectivity index (χ1n) is 9.71. The molecule has 2 N–H and O–H groups in total. The molecule has 0 bridgehead atoms. The van der Waals surface area contributed by atoms with Gasteiger partial charge >= 0.3 is 0 Å². The Morgan fingerprint density at radius 1 is 1.12 bits per heavy atom. The molecule has 0 unspecified atom stereocenters. The Morgan fingerprint density at radius 3 is 2.65 bits per heavy atom. The molecule has 1 atom stereocenters. The maximum Gasteiger partial charge on any atom is 0.0937 e. The van der Waals surface area contributed by atoms with Crippen LogP contribution in [0.2, 0.25) is 0 Å². The summed E-state index contributed by atoms with van der Waals surface area (Å²) in [7, 11) is 0. The molecule has 1 aliphatic heterocycles. The smallest absolute Gasteiger partial charge is 0.0937 e. The fourth-order valence-corrected chi connectivity index (χ4v) is 4.20. The van der Waals surface area contributed by atoms with E-state index in [1.807, 2.05) is 6.20 Å². The summed E-state index contributed by atoms with van der Waals surface area (Å²) >= 11 is 0. The number of nitrogens with zero attached hydrogens (tertiary/aromatic N) is 1. The Balaban J connectivity index is 1.34. The van der Waals surface area contributed by atoms with Gasteiger partial charge in [0.05, 0.1) is 6.10 Å². The van der Waals surface area contributed by atoms with Gasteiger partial charge in [0.15, 0.2) is 0 Å². The Hall–Kier alpha value is -2.10. The average Bonchev–Trinajstić information content (AvgIpc) is 3.07. The summed E-state index contributed by atoms with van der Waals surface area (Å²) in [5.41, 5.74) is 4.80. The van der Waals surface area contributed by atoms with E-state index in [-0.39, 0.29) is 0 Å². The largest absolute Gasteiger partial charge is 0.387 e. The maximum absolute atomic E-state index is 10.8. The van der Waals surface area contributed by atoms with Gasteiger partial charge in [-0.25, -0.2) is 0 Å². The van der Waals surface area contributed by atoms with Crippen molar-refractivity contribution < 1.29 is 5.11 Å². The molecule has 136 valence electrons. The van der Waals surface area contributed by atoms with E-state index in [9.17, 15) is 5.11 Å². The van der Waals surface area contributed by atoms with Crippen LogP contribution >= 0.6 is 0 Å². The lowest BCUT2D eigenvalue weighted by Crippen LogP contribution is -2.37. The van der Waals surface area contributed by atoms with Crippen molar-refractivity contribution >= 4 is 10.9 Å². The molecule has 4 rings (SSSR count). The number of piperidine rings is 1. The van der Waals surface area contributed by atoms with Gasteiger partial charge in [0.25, 0.3) is 0 Å². The quantitative estimate of drug-likeness (QED) is 0.714. The maximum atomic E-state index is 10.8. The van der Waals surface area contributed by atoms with Crippen molar-refractivity contribution in [3.63, 3.8) is 0 Å². The van der Waals surface area contributed by atoms with Crippen LogP contribution in [0.4, 0.5) is 0 Å². The predicted molar refractivity (Wildman–Crippen MR) is 107 cm³/mol. The summed E-state index contributed by atoms with van der Waals surface area (Å²) < 4.78 is 0. The van der Waals surface area contributed by atoms with Crippen LogP contribution in [-0.4, -0.2) is 34.6 Å². The highest BCUT2D eigenvalue weighted by Crippen LogP contribution is 2.28. The summed E-state index contributed by atoms with van der Waals surface area (Å²) in [6, 6.07) is 17.2. The van der Waals surface area contributed by atoms with E-state index in [1.165, 1.54) is 30.4 Å². The van der Waals surface area contributed by atoms with Gasteiger partial charge in [-0.1, -0.05) is 42.0 Å². The molecule has 3 aromatic rings. The zero-order valence-electron chi connectivity index (χ0n) is 15.5. The number of hydrogen-bond donors (Lipinski definition) is 2. The summed E-state index contributed by atoms with van der Waals surface area (Å²) in [6.45, 7) is 4.98. The molecule has 1 aromatic heterocycles. The molecule has 0 radical (unpaired) electrons. The minimum atomic E-state index is -0.434. The van der Waals surface area contributed by atoms with E-state index in [0.29, 0.717) is 0 Å². The number of hydrogen-bond acceptors (Lipinski definition) is 2. The van der Waals surface area contributed by atoms with Crippen molar-refractivity contribution in [2.24, 2.45) is 5.92 Å². The standard InChI is InChI=1S/C23H28N2O/c1-17-7-8-22-20(13-17)21(15-24-22)23(26)16-25-11-9-19(10-12-25)14-18-5-3-2-4-6-18/h2-8,13,15,19,23-24,26H,9-12,14,16H2,1H3/t23-/m0/s1. The molecule has 2 heterocycles. The average molecular weight is 348 g/mol. The normalized spacial score (nSPS) is 17.6. The van der Waals surface area contributed by atoms with Crippen molar-refractivity contribution in [1.29, 1.82) is 0 Å². The third-order valence-electron chi connectivity index (χ3n) is 5.73. The van der Waals surface area contributed by atoms with E-state index < -0.39 is 6.10 Å². The second-order valence-electron chi connectivity index (χ2n) is 7.74.